The highest BCUT2D eigenvalue weighted by Gasteiger charge is 2.16. The van der Waals surface area contributed by atoms with Crippen LogP contribution < -0.4 is 10.6 Å². The number of hydrogen-bond donors (Lipinski definition) is 2. The quantitative estimate of drug-likeness (QED) is 0.209. The molecule has 0 fully saturated rings. The Balaban J connectivity index is 1.26. The number of nitrogens with zero attached hydrogens (tertiary/aromatic N) is 2. The molecule has 10 heteroatoms. The molecular formula is C25H26N4O3S3. The van der Waals surface area contributed by atoms with Crippen LogP contribution in [-0.4, -0.2) is 39.9 Å². The van der Waals surface area contributed by atoms with Crippen molar-refractivity contribution in [2.45, 2.75) is 37.1 Å². The normalized spacial score (nSPS) is 11.4. The van der Waals surface area contributed by atoms with E-state index in [2.05, 4.69) is 38.8 Å². The van der Waals surface area contributed by atoms with Crippen LogP contribution in [0.25, 0.3) is 21.3 Å². The average Bonchev–Trinajstić information content (AvgIpc) is 3.41. The topological polar surface area (TPSA) is 93.2 Å². The molecule has 0 spiro atoms. The number of thiazole rings is 2. The molecule has 182 valence electrons. The first-order valence-corrected chi connectivity index (χ1v) is 13.7. The van der Waals surface area contributed by atoms with E-state index in [4.69, 9.17) is 4.74 Å². The van der Waals surface area contributed by atoms with Crippen molar-refractivity contribution in [3.8, 4) is 11.1 Å². The zero-order chi connectivity index (χ0) is 24.8. The summed E-state index contributed by atoms with van der Waals surface area (Å²) in [6, 6.07) is 16.3. The Bertz CT molecular complexity index is 1310. The molecule has 0 aliphatic carbocycles. The smallest absolute Gasteiger partial charge is 0.407 e. The number of nitrogens with one attached hydrogen (secondary N) is 2. The molecule has 2 aromatic heterocycles. The number of thioether (sulfide) groups is 1. The van der Waals surface area contributed by atoms with Gasteiger partial charge in [0.25, 0.3) is 0 Å². The third-order valence-electron chi connectivity index (χ3n) is 4.61. The van der Waals surface area contributed by atoms with Gasteiger partial charge in [-0.05, 0) is 44.0 Å². The molecule has 0 radical (unpaired) electrons. The number of amides is 2. The Morgan fingerprint density at radius 2 is 1.86 bits per heavy atom. The van der Waals surface area contributed by atoms with Gasteiger partial charge in [-0.3, -0.25) is 4.79 Å². The Kier molecular flexibility index (Phi) is 8.04. The van der Waals surface area contributed by atoms with Crippen LogP contribution in [0.4, 0.5) is 9.93 Å². The molecule has 0 bridgehead atoms. The summed E-state index contributed by atoms with van der Waals surface area (Å²) in [4.78, 5) is 33.3. The summed E-state index contributed by atoms with van der Waals surface area (Å²) in [5.74, 6) is 0.510. The van der Waals surface area contributed by atoms with Crippen LogP contribution in [0.5, 0.6) is 0 Å². The highest BCUT2D eigenvalue weighted by molar-refractivity contribution is 8.01. The fraction of sp³-hybridized carbons (Fsp3) is 0.280. The third kappa shape index (κ3) is 7.51. The van der Waals surface area contributed by atoms with Gasteiger partial charge in [0.2, 0.25) is 5.91 Å². The third-order valence-corrected chi connectivity index (χ3v) is 7.62. The molecule has 0 saturated carbocycles. The number of carbonyl (C=O) groups excluding carboxylic acids is 2. The van der Waals surface area contributed by atoms with Crippen LogP contribution in [-0.2, 0) is 16.0 Å². The van der Waals surface area contributed by atoms with Crippen molar-refractivity contribution in [1.29, 1.82) is 0 Å². The van der Waals surface area contributed by atoms with E-state index in [-0.39, 0.29) is 12.3 Å². The summed E-state index contributed by atoms with van der Waals surface area (Å²) in [5.41, 5.74) is 3.32. The predicted octanol–water partition coefficient (Wildman–Crippen LogP) is 6.22. The molecule has 2 aromatic carbocycles. The fourth-order valence-electron chi connectivity index (χ4n) is 3.16. The summed E-state index contributed by atoms with van der Waals surface area (Å²) in [5, 5.41) is 8.08. The lowest BCUT2D eigenvalue weighted by Crippen LogP contribution is -2.33. The average molecular weight is 527 g/mol. The van der Waals surface area contributed by atoms with Crippen molar-refractivity contribution in [1.82, 2.24) is 15.3 Å². The van der Waals surface area contributed by atoms with Gasteiger partial charge >= 0.3 is 6.09 Å². The summed E-state index contributed by atoms with van der Waals surface area (Å²) < 4.78 is 7.09. The van der Waals surface area contributed by atoms with Gasteiger partial charge < -0.3 is 15.4 Å². The SMILES string of the molecule is CC(C)(C)OC(=O)NCCSc1nc(CC(=O)Nc2nc3ccc(-c4ccccc4)cc3s2)cs1. The first-order chi connectivity index (χ1) is 16.7. The monoisotopic (exact) mass is 526 g/mol. The number of aromatic nitrogens is 2. The van der Waals surface area contributed by atoms with Crippen LogP contribution in [0.3, 0.4) is 0 Å². The second kappa shape index (κ2) is 11.2. The molecule has 2 heterocycles. The van der Waals surface area contributed by atoms with Gasteiger partial charge in [-0.1, -0.05) is 59.5 Å². The first-order valence-electron chi connectivity index (χ1n) is 11.0. The van der Waals surface area contributed by atoms with E-state index < -0.39 is 11.7 Å². The zero-order valence-corrected chi connectivity index (χ0v) is 22.1. The van der Waals surface area contributed by atoms with E-state index in [9.17, 15) is 9.59 Å². The number of alkyl carbamates (subject to hydrolysis) is 1. The number of benzene rings is 2. The van der Waals surface area contributed by atoms with Gasteiger partial charge in [-0.15, -0.1) is 11.3 Å². The van der Waals surface area contributed by atoms with Gasteiger partial charge in [-0.25, -0.2) is 14.8 Å². The molecule has 2 amide bonds. The Morgan fingerprint density at radius 3 is 2.63 bits per heavy atom. The number of hydrogen-bond acceptors (Lipinski definition) is 8. The highest BCUT2D eigenvalue weighted by Crippen LogP contribution is 2.30. The van der Waals surface area contributed by atoms with Gasteiger partial charge in [0.15, 0.2) is 5.13 Å². The van der Waals surface area contributed by atoms with Crippen molar-refractivity contribution < 1.29 is 14.3 Å². The van der Waals surface area contributed by atoms with E-state index >= 15 is 0 Å². The lowest BCUT2D eigenvalue weighted by molar-refractivity contribution is -0.115. The summed E-state index contributed by atoms with van der Waals surface area (Å²) in [6.07, 6.45) is -0.251. The minimum absolute atomic E-state index is 0.152. The molecule has 4 rings (SSSR count). The number of carbonyl (C=O) groups is 2. The standard InChI is InChI=1S/C25H26N4O3S3/c1-25(2,3)32-23(31)26-11-12-33-24-27-18(15-34-24)14-21(30)29-22-28-19-10-9-17(13-20(19)35-22)16-7-5-4-6-8-16/h4-10,13,15H,11-12,14H2,1-3H3,(H,26,31)(H,28,29,30). The van der Waals surface area contributed by atoms with Crippen molar-refractivity contribution in [2.24, 2.45) is 0 Å². The van der Waals surface area contributed by atoms with Crippen molar-refractivity contribution in [3.63, 3.8) is 0 Å². The Labute approximate surface area is 216 Å². The van der Waals surface area contributed by atoms with E-state index in [0.717, 1.165) is 25.7 Å². The summed E-state index contributed by atoms with van der Waals surface area (Å²) in [7, 11) is 0. The first kappa shape index (κ1) is 25.2. The summed E-state index contributed by atoms with van der Waals surface area (Å²) >= 11 is 4.47. The maximum atomic E-state index is 12.6. The van der Waals surface area contributed by atoms with Gasteiger partial charge in [-0.2, -0.15) is 0 Å². The predicted molar refractivity (Wildman–Crippen MR) is 144 cm³/mol. The molecule has 4 aromatic rings. The number of fused-ring (bicyclic) bond motifs is 1. The Hall–Kier alpha value is -2.95. The van der Waals surface area contributed by atoms with Crippen molar-refractivity contribution >= 4 is 61.8 Å². The van der Waals surface area contributed by atoms with E-state index in [0.29, 0.717) is 23.1 Å². The summed E-state index contributed by atoms with van der Waals surface area (Å²) in [6.45, 7) is 5.95. The largest absolute Gasteiger partial charge is 0.444 e. The Morgan fingerprint density at radius 1 is 1.06 bits per heavy atom. The van der Waals surface area contributed by atoms with E-state index in [1.807, 2.05) is 56.5 Å². The van der Waals surface area contributed by atoms with Crippen LogP contribution in [0.2, 0.25) is 0 Å². The van der Waals surface area contributed by atoms with Gasteiger partial charge in [0.1, 0.15) is 9.94 Å². The zero-order valence-electron chi connectivity index (χ0n) is 19.7. The molecule has 0 saturated heterocycles. The molecule has 35 heavy (non-hydrogen) atoms. The van der Waals surface area contributed by atoms with Crippen molar-refractivity contribution in [3.05, 3.63) is 59.6 Å². The van der Waals surface area contributed by atoms with Crippen LogP contribution in [0.1, 0.15) is 26.5 Å². The molecule has 0 unspecified atom stereocenters. The second-order valence-electron chi connectivity index (χ2n) is 8.67. The molecule has 0 aliphatic heterocycles. The van der Waals surface area contributed by atoms with E-state index in [1.54, 1.807) is 0 Å². The van der Waals surface area contributed by atoms with Gasteiger partial charge in [0, 0.05) is 17.7 Å². The molecule has 7 nitrogen and oxygen atoms in total. The molecular weight excluding hydrogens is 501 g/mol. The van der Waals surface area contributed by atoms with Crippen LogP contribution in [0.15, 0.2) is 58.3 Å². The molecule has 2 N–H and O–H groups in total. The van der Waals surface area contributed by atoms with Gasteiger partial charge in [0.05, 0.1) is 22.3 Å². The highest BCUT2D eigenvalue weighted by atomic mass is 32.2. The number of ether oxygens (including phenoxy) is 1. The number of anilines is 1. The second-order valence-corrected chi connectivity index (χ2v) is 11.9. The lowest BCUT2D eigenvalue weighted by Gasteiger charge is -2.19. The maximum absolute atomic E-state index is 12.6. The van der Waals surface area contributed by atoms with E-state index in [1.165, 1.54) is 34.4 Å². The van der Waals surface area contributed by atoms with Crippen molar-refractivity contribution in [2.75, 3.05) is 17.6 Å². The minimum atomic E-state index is -0.515. The molecule has 0 aliphatic rings. The lowest BCUT2D eigenvalue weighted by atomic mass is 10.1. The number of rotatable bonds is 8. The fourth-order valence-corrected chi connectivity index (χ4v) is 5.85. The molecule has 0 atom stereocenters. The maximum Gasteiger partial charge on any atom is 0.407 e. The van der Waals surface area contributed by atoms with Crippen LogP contribution in [0, 0.1) is 0 Å². The van der Waals surface area contributed by atoms with Crippen LogP contribution >= 0.6 is 34.4 Å². The minimum Gasteiger partial charge on any atom is -0.444 e.